The zero-order valence-corrected chi connectivity index (χ0v) is 17.5. The number of benzene rings is 1. The van der Waals surface area contributed by atoms with Gasteiger partial charge in [-0.25, -0.2) is 0 Å². The molecule has 0 unspecified atom stereocenters. The molecule has 0 aliphatic carbocycles. The van der Waals surface area contributed by atoms with Crippen LogP contribution in [0.5, 0.6) is 5.75 Å². The number of hydrogen-bond acceptors (Lipinski definition) is 5. The topological polar surface area (TPSA) is 56.8 Å². The average Bonchev–Trinajstić information content (AvgIpc) is 2.79. The predicted octanol–water partition coefficient (Wildman–Crippen LogP) is 1.63. The summed E-state index contributed by atoms with van der Waals surface area (Å²) in [5.41, 5.74) is 1.42. The first-order chi connectivity index (χ1) is 14.2. The maximum absolute atomic E-state index is 13.1. The summed E-state index contributed by atoms with van der Waals surface area (Å²) >= 11 is 0. The Labute approximate surface area is 174 Å². The fourth-order valence-electron chi connectivity index (χ4n) is 6.22. The number of rotatable bonds is 3. The minimum absolute atomic E-state index is 0.0444. The summed E-state index contributed by atoms with van der Waals surface area (Å²) in [5.74, 6) is 2.45. The number of carbonyl (C=O) groups is 1. The van der Waals surface area contributed by atoms with Crippen LogP contribution in [0.2, 0.25) is 0 Å². The van der Waals surface area contributed by atoms with Gasteiger partial charge in [-0.2, -0.15) is 0 Å². The van der Waals surface area contributed by atoms with Gasteiger partial charge in [-0.3, -0.25) is 9.69 Å². The molecule has 0 radical (unpaired) electrons. The van der Waals surface area contributed by atoms with Crippen LogP contribution in [0.3, 0.4) is 0 Å². The number of piperidine rings is 3. The zero-order chi connectivity index (χ0) is 19.8. The molecule has 4 fully saturated rings. The minimum atomic E-state index is -0.0444. The summed E-state index contributed by atoms with van der Waals surface area (Å²) in [7, 11) is 1.73. The van der Waals surface area contributed by atoms with Gasteiger partial charge in [-0.05, 0) is 55.2 Å². The Morgan fingerprint density at radius 1 is 1.10 bits per heavy atom. The number of ether oxygens (including phenoxy) is 1. The van der Waals surface area contributed by atoms with E-state index in [0.717, 1.165) is 45.0 Å². The van der Waals surface area contributed by atoms with Gasteiger partial charge in [0.05, 0.1) is 13.2 Å². The van der Waals surface area contributed by atoms with E-state index >= 15 is 0 Å². The summed E-state index contributed by atoms with van der Waals surface area (Å²) in [6.07, 6.45) is 5.08. The van der Waals surface area contributed by atoms with Crippen molar-refractivity contribution in [1.82, 2.24) is 20.4 Å². The number of carbonyl (C=O) groups excluding carboxylic acids is 1. The number of piperazine rings is 1. The molecule has 6 heteroatoms. The van der Waals surface area contributed by atoms with Crippen molar-refractivity contribution in [3.05, 3.63) is 29.8 Å². The summed E-state index contributed by atoms with van der Waals surface area (Å²) in [6.45, 7) is 5.59. The monoisotopic (exact) mass is 398 g/mol. The molecule has 29 heavy (non-hydrogen) atoms. The summed E-state index contributed by atoms with van der Waals surface area (Å²) in [5, 5.41) is 6.76. The first-order valence-electron chi connectivity index (χ1n) is 11.4. The lowest BCUT2D eigenvalue weighted by Gasteiger charge is -2.55. The fraction of sp³-hybridized carbons (Fsp3) is 0.696. The zero-order valence-electron chi connectivity index (χ0n) is 17.5. The van der Waals surface area contributed by atoms with E-state index in [2.05, 4.69) is 44.7 Å². The number of nitrogens with zero attached hydrogens (tertiary/aromatic N) is 2. The fourth-order valence-corrected chi connectivity index (χ4v) is 6.22. The molecule has 0 saturated carbocycles. The van der Waals surface area contributed by atoms with Gasteiger partial charge in [0.25, 0.3) is 0 Å². The van der Waals surface area contributed by atoms with E-state index in [1.807, 2.05) is 0 Å². The average molecular weight is 399 g/mol. The van der Waals surface area contributed by atoms with Gasteiger partial charge in [0, 0.05) is 51.4 Å². The van der Waals surface area contributed by atoms with Crippen LogP contribution in [0.4, 0.5) is 0 Å². The molecule has 1 aromatic rings. The maximum atomic E-state index is 13.1. The standard InChI is InChI=1S/C23H34N4O2/c1-29-19-7-5-17(6-8-19)21-3-2-4-22-18-11-16(14-27(21)22)13-26(15-18)23(28)20-12-24-9-10-25-20/h5-8,16,18,20-22,24-25H,2-4,9-15H2,1H3/t16-,18+,20-,21+,22-/m0/s1. The van der Waals surface area contributed by atoms with Crippen molar-refractivity contribution in [1.29, 1.82) is 0 Å². The van der Waals surface area contributed by atoms with Gasteiger partial charge in [0.15, 0.2) is 0 Å². The molecule has 158 valence electrons. The second-order valence-electron chi connectivity index (χ2n) is 9.30. The van der Waals surface area contributed by atoms with Gasteiger partial charge in [-0.15, -0.1) is 0 Å². The van der Waals surface area contributed by atoms with Crippen LogP contribution in [0.25, 0.3) is 0 Å². The lowest BCUT2D eigenvalue weighted by molar-refractivity contribution is -0.141. The molecule has 5 atom stereocenters. The van der Waals surface area contributed by atoms with Crippen LogP contribution < -0.4 is 15.4 Å². The van der Waals surface area contributed by atoms with Crippen LogP contribution in [-0.2, 0) is 4.79 Å². The van der Waals surface area contributed by atoms with Crippen LogP contribution >= 0.6 is 0 Å². The first-order valence-corrected chi connectivity index (χ1v) is 11.4. The number of hydrogen-bond donors (Lipinski definition) is 2. The normalized spacial score (nSPS) is 35.1. The van der Waals surface area contributed by atoms with Crippen molar-refractivity contribution in [3.63, 3.8) is 0 Å². The van der Waals surface area contributed by atoms with E-state index in [1.165, 1.54) is 31.2 Å². The van der Waals surface area contributed by atoms with Crippen LogP contribution in [0.1, 0.15) is 37.3 Å². The molecule has 5 rings (SSSR count). The Morgan fingerprint density at radius 2 is 1.97 bits per heavy atom. The van der Waals surface area contributed by atoms with E-state index in [9.17, 15) is 4.79 Å². The van der Waals surface area contributed by atoms with Crippen molar-refractivity contribution in [3.8, 4) is 5.75 Å². The minimum Gasteiger partial charge on any atom is -0.497 e. The third kappa shape index (κ3) is 3.78. The lowest BCUT2D eigenvalue weighted by Crippen LogP contribution is -2.63. The third-order valence-electron chi connectivity index (χ3n) is 7.54. The number of nitrogens with one attached hydrogen (secondary N) is 2. The third-order valence-corrected chi connectivity index (χ3v) is 7.54. The Morgan fingerprint density at radius 3 is 2.72 bits per heavy atom. The van der Waals surface area contributed by atoms with Crippen molar-refractivity contribution in [2.45, 2.75) is 43.8 Å². The van der Waals surface area contributed by atoms with Crippen LogP contribution in [0, 0.1) is 11.8 Å². The molecule has 0 aromatic heterocycles. The Balaban J connectivity index is 1.30. The van der Waals surface area contributed by atoms with Gasteiger partial charge in [0.2, 0.25) is 5.91 Å². The van der Waals surface area contributed by atoms with Gasteiger partial charge in [-0.1, -0.05) is 12.1 Å². The highest BCUT2D eigenvalue weighted by atomic mass is 16.5. The predicted molar refractivity (Wildman–Crippen MR) is 113 cm³/mol. The second-order valence-corrected chi connectivity index (χ2v) is 9.30. The molecule has 2 N–H and O–H groups in total. The van der Waals surface area contributed by atoms with Crippen molar-refractivity contribution >= 4 is 5.91 Å². The van der Waals surface area contributed by atoms with E-state index in [4.69, 9.17) is 4.74 Å². The van der Waals surface area contributed by atoms with Gasteiger partial charge >= 0.3 is 0 Å². The Hall–Kier alpha value is -1.63. The molecule has 2 bridgehead atoms. The molecular formula is C23H34N4O2. The van der Waals surface area contributed by atoms with E-state index in [1.54, 1.807) is 7.11 Å². The Bertz CT molecular complexity index is 718. The van der Waals surface area contributed by atoms with Crippen molar-refractivity contribution in [2.24, 2.45) is 11.8 Å². The molecule has 6 nitrogen and oxygen atoms in total. The Kier molecular flexibility index (Phi) is 5.50. The van der Waals surface area contributed by atoms with E-state index in [0.29, 0.717) is 29.8 Å². The van der Waals surface area contributed by atoms with E-state index < -0.39 is 0 Å². The summed E-state index contributed by atoms with van der Waals surface area (Å²) in [4.78, 5) is 18.1. The summed E-state index contributed by atoms with van der Waals surface area (Å²) < 4.78 is 5.35. The molecule has 4 aliphatic rings. The number of methoxy groups -OCH3 is 1. The number of likely N-dealkylation sites (tertiary alicyclic amines) is 1. The molecular weight excluding hydrogens is 364 g/mol. The molecule has 4 aliphatic heterocycles. The second kappa shape index (κ2) is 8.25. The van der Waals surface area contributed by atoms with Crippen molar-refractivity contribution < 1.29 is 9.53 Å². The van der Waals surface area contributed by atoms with Crippen LogP contribution in [0.15, 0.2) is 24.3 Å². The van der Waals surface area contributed by atoms with Gasteiger partial charge in [0.1, 0.15) is 5.75 Å². The quantitative estimate of drug-likeness (QED) is 0.811. The van der Waals surface area contributed by atoms with Crippen molar-refractivity contribution in [2.75, 3.05) is 46.4 Å². The highest BCUT2D eigenvalue weighted by Crippen LogP contribution is 2.44. The molecule has 4 heterocycles. The van der Waals surface area contributed by atoms with Crippen LogP contribution in [-0.4, -0.2) is 74.2 Å². The SMILES string of the molecule is COc1ccc([C@H]2CCC[C@H]3[C@@H]4C[C@@H](CN(C(=O)[C@@H]5CNCCN5)C4)CN23)cc1. The lowest BCUT2D eigenvalue weighted by atomic mass is 9.73. The highest BCUT2D eigenvalue weighted by Gasteiger charge is 2.46. The maximum Gasteiger partial charge on any atom is 0.241 e. The molecule has 0 spiro atoms. The molecule has 4 saturated heterocycles. The summed E-state index contributed by atoms with van der Waals surface area (Å²) in [6, 6.07) is 9.75. The van der Waals surface area contributed by atoms with E-state index in [-0.39, 0.29) is 6.04 Å². The number of fused-ring (bicyclic) bond motifs is 4. The largest absolute Gasteiger partial charge is 0.497 e. The smallest absolute Gasteiger partial charge is 0.241 e. The van der Waals surface area contributed by atoms with Gasteiger partial charge < -0.3 is 20.3 Å². The molecule has 1 aromatic carbocycles. The highest BCUT2D eigenvalue weighted by molar-refractivity contribution is 5.82. The first kappa shape index (κ1) is 19.3. The molecule has 1 amide bonds. The number of amides is 1.